The molecule has 0 unspecified atom stereocenters. The van der Waals surface area contributed by atoms with Crippen LogP contribution in [0.1, 0.15) is 35.3 Å². The summed E-state index contributed by atoms with van der Waals surface area (Å²) in [6, 6.07) is 16.2. The van der Waals surface area contributed by atoms with Crippen LogP contribution in [0.5, 0.6) is 0 Å². The van der Waals surface area contributed by atoms with E-state index in [0.717, 1.165) is 62.1 Å². The van der Waals surface area contributed by atoms with Crippen molar-refractivity contribution in [3.63, 3.8) is 0 Å². The lowest BCUT2D eigenvalue weighted by molar-refractivity contribution is -0.119. The highest BCUT2D eigenvalue weighted by atomic mass is 16.3. The summed E-state index contributed by atoms with van der Waals surface area (Å²) in [5.41, 5.74) is 12.7. The molecule has 8 nitrogen and oxygen atoms in total. The number of hydrogen-bond acceptors (Lipinski definition) is 6. The Morgan fingerprint density at radius 1 is 0.975 bits per heavy atom. The van der Waals surface area contributed by atoms with Gasteiger partial charge in [-0.05, 0) is 62.6 Å². The van der Waals surface area contributed by atoms with Gasteiger partial charge in [0.05, 0.1) is 11.9 Å². The van der Waals surface area contributed by atoms with E-state index in [1.54, 1.807) is 0 Å². The first-order valence-electron chi connectivity index (χ1n) is 14.0. The fourth-order valence-corrected chi connectivity index (χ4v) is 5.59. The van der Waals surface area contributed by atoms with Crippen LogP contribution in [0.25, 0.3) is 33.4 Å². The molecule has 2 aromatic rings. The SMILES string of the molecule is CCN=c1cc2oc3cc(NCC)c(C)cc3c(-c3ccccc3C(=O)N3CCN(CC(N)=O)CC3)c-2cc1C. The summed E-state index contributed by atoms with van der Waals surface area (Å²) in [6.07, 6.45) is 0. The smallest absolute Gasteiger partial charge is 0.254 e. The number of nitrogens with zero attached hydrogens (tertiary/aromatic N) is 3. The largest absolute Gasteiger partial charge is 0.456 e. The van der Waals surface area contributed by atoms with Gasteiger partial charge in [0.1, 0.15) is 11.3 Å². The zero-order valence-corrected chi connectivity index (χ0v) is 23.7. The molecule has 208 valence electrons. The van der Waals surface area contributed by atoms with Crippen molar-refractivity contribution in [1.29, 1.82) is 0 Å². The molecule has 40 heavy (non-hydrogen) atoms. The van der Waals surface area contributed by atoms with Gasteiger partial charge in [-0.25, -0.2) is 0 Å². The van der Waals surface area contributed by atoms with Crippen molar-refractivity contribution in [3.8, 4) is 22.5 Å². The second-order valence-electron chi connectivity index (χ2n) is 10.4. The van der Waals surface area contributed by atoms with Crippen molar-refractivity contribution < 1.29 is 14.0 Å². The number of piperazine rings is 1. The van der Waals surface area contributed by atoms with Crippen LogP contribution < -0.4 is 16.4 Å². The Hall–Kier alpha value is -4.17. The number of carbonyl (C=O) groups excluding carboxylic acids is 2. The number of fused-ring (bicyclic) bond motifs is 2. The second kappa shape index (κ2) is 11.5. The molecule has 2 aromatic carbocycles. The molecule has 5 rings (SSSR count). The first-order valence-corrected chi connectivity index (χ1v) is 14.0. The summed E-state index contributed by atoms with van der Waals surface area (Å²) in [6.45, 7) is 12.2. The molecule has 1 aliphatic carbocycles. The van der Waals surface area contributed by atoms with Gasteiger partial charge >= 0.3 is 0 Å². The number of rotatable bonds is 7. The summed E-state index contributed by atoms with van der Waals surface area (Å²) >= 11 is 0. The van der Waals surface area contributed by atoms with Gasteiger partial charge in [-0.15, -0.1) is 0 Å². The van der Waals surface area contributed by atoms with E-state index in [0.29, 0.717) is 38.3 Å². The van der Waals surface area contributed by atoms with E-state index < -0.39 is 0 Å². The van der Waals surface area contributed by atoms with E-state index in [2.05, 4.69) is 49.3 Å². The molecule has 1 fully saturated rings. The molecular weight excluding hydrogens is 502 g/mol. The fraction of sp³-hybridized carbons (Fsp3) is 0.344. The maximum atomic E-state index is 14.0. The number of anilines is 1. The molecule has 0 saturated carbocycles. The van der Waals surface area contributed by atoms with Crippen molar-refractivity contribution in [2.45, 2.75) is 27.7 Å². The minimum atomic E-state index is -0.351. The van der Waals surface area contributed by atoms with Gasteiger partial charge in [0.2, 0.25) is 5.91 Å². The first kappa shape index (κ1) is 27.4. The maximum absolute atomic E-state index is 14.0. The number of nitrogens with one attached hydrogen (secondary N) is 1. The predicted octanol–water partition coefficient (Wildman–Crippen LogP) is 4.42. The summed E-state index contributed by atoms with van der Waals surface area (Å²) in [5.74, 6) is 0.358. The molecule has 2 aliphatic heterocycles. The fourth-order valence-electron chi connectivity index (χ4n) is 5.59. The van der Waals surface area contributed by atoms with Gasteiger partial charge in [-0.2, -0.15) is 0 Å². The number of amides is 2. The van der Waals surface area contributed by atoms with Gasteiger partial charge < -0.3 is 20.4 Å². The average molecular weight is 540 g/mol. The molecule has 3 aliphatic rings. The Morgan fingerprint density at radius 2 is 1.73 bits per heavy atom. The lowest BCUT2D eigenvalue weighted by Crippen LogP contribution is -2.50. The Balaban J connectivity index is 1.69. The molecule has 8 heteroatoms. The number of aryl methyl sites for hydroxylation is 2. The normalized spacial score (nSPS) is 14.7. The molecule has 0 aromatic heterocycles. The lowest BCUT2D eigenvalue weighted by Gasteiger charge is -2.34. The van der Waals surface area contributed by atoms with E-state index in [4.69, 9.17) is 10.2 Å². The van der Waals surface area contributed by atoms with Gasteiger partial charge in [0.15, 0.2) is 0 Å². The first-order chi connectivity index (χ1) is 19.3. The molecule has 0 atom stereocenters. The lowest BCUT2D eigenvalue weighted by atomic mass is 9.89. The molecule has 0 spiro atoms. The predicted molar refractivity (Wildman–Crippen MR) is 160 cm³/mol. The van der Waals surface area contributed by atoms with Crippen LogP contribution in [0.2, 0.25) is 0 Å². The van der Waals surface area contributed by atoms with Crippen molar-refractivity contribution in [2.24, 2.45) is 10.7 Å². The Bertz CT molecular complexity index is 1620. The summed E-state index contributed by atoms with van der Waals surface area (Å²) in [5, 5.41) is 5.29. The number of primary amides is 1. The monoisotopic (exact) mass is 539 g/mol. The summed E-state index contributed by atoms with van der Waals surface area (Å²) in [4.78, 5) is 33.9. The van der Waals surface area contributed by atoms with Crippen molar-refractivity contribution in [3.05, 3.63) is 70.6 Å². The highest BCUT2D eigenvalue weighted by Crippen LogP contribution is 2.43. The quantitative estimate of drug-likeness (QED) is 0.339. The van der Waals surface area contributed by atoms with E-state index in [9.17, 15) is 9.59 Å². The minimum absolute atomic E-state index is 0.0215. The highest BCUT2D eigenvalue weighted by Gasteiger charge is 2.27. The third-order valence-electron chi connectivity index (χ3n) is 7.54. The number of carbonyl (C=O) groups is 2. The van der Waals surface area contributed by atoms with Crippen molar-refractivity contribution in [1.82, 2.24) is 9.80 Å². The zero-order chi connectivity index (χ0) is 28.4. The highest BCUT2D eigenvalue weighted by molar-refractivity contribution is 6.09. The van der Waals surface area contributed by atoms with E-state index in [1.165, 1.54) is 0 Å². The number of benzene rings is 3. The molecule has 0 bridgehead atoms. The molecule has 1 saturated heterocycles. The number of hydrogen-bond donors (Lipinski definition) is 2. The molecule has 2 heterocycles. The summed E-state index contributed by atoms with van der Waals surface area (Å²) < 4.78 is 6.51. The Kier molecular flexibility index (Phi) is 7.89. The molecule has 0 radical (unpaired) electrons. The maximum Gasteiger partial charge on any atom is 0.254 e. The number of nitrogens with two attached hydrogens (primary N) is 1. The molecule has 2 amide bonds. The molecular formula is C32H37N5O3. The van der Waals surface area contributed by atoms with Crippen LogP contribution in [0.3, 0.4) is 0 Å². The van der Waals surface area contributed by atoms with Crippen LogP contribution in [-0.2, 0) is 4.79 Å². The van der Waals surface area contributed by atoms with Crippen LogP contribution >= 0.6 is 0 Å². The molecule has 3 N–H and O–H groups in total. The van der Waals surface area contributed by atoms with Crippen molar-refractivity contribution >= 4 is 28.5 Å². The average Bonchev–Trinajstić information content (AvgIpc) is 2.93. The zero-order valence-electron chi connectivity index (χ0n) is 23.7. The topological polar surface area (TPSA) is 104 Å². The Morgan fingerprint density at radius 3 is 2.42 bits per heavy atom. The van der Waals surface area contributed by atoms with Gasteiger partial charge in [0.25, 0.3) is 5.91 Å². The second-order valence-corrected chi connectivity index (χ2v) is 10.4. The summed E-state index contributed by atoms with van der Waals surface area (Å²) in [7, 11) is 0. The van der Waals surface area contributed by atoms with Gasteiger partial charge in [-0.3, -0.25) is 19.5 Å². The van der Waals surface area contributed by atoms with Gasteiger partial charge in [-0.1, -0.05) is 18.2 Å². The van der Waals surface area contributed by atoms with Gasteiger partial charge in [0, 0.05) is 79.2 Å². The third-order valence-corrected chi connectivity index (χ3v) is 7.54. The van der Waals surface area contributed by atoms with Crippen LogP contribution in [0.4, 0.5) is 5.69 Å². The van der Waals surface area contributed by atoms with Crippen molar-refractivity contribution in [2.75, 3.05) is 51.1 Å². The third kappa shape index (κ3) is 5.31. The van der Waals surface area contributed by atoms with E-state index in [-0.39, 0.29) is 18.4 Å². The van der Waals surface area contributed by atoms with E-state index >= 15 is 0 Å². The standard InChI is InChI=1S/C32H37N5O3/c1-5-34-26-17-28-24(15-20(26)3)31(25-16-21(4)27(35-6-2)18-29(25)40-28)22-9-7-8-10-23(22)32(39)37-13-11-36(12-14-37)19-30(33)38/h7-10,15-18,34H,5-6,11-14,19H2,1-4H3,(H2,33,38). The van der Waals surface area contributed by atoms with Crippen LogP contribution in [0.15, 0.2) is 57.9 Å². The van der Waals surface area contributed by atoms with E-state index in [1.807, 2.05) is 47.1 Å². The van der Waals surface area contributed by atoms with Crippen LogP contribution in [-0.4, -0.2) is 67.4 Å². The Labute approximate surface area is 234 Å². The van der Waals surface area contributed by atoms with Crippen LogP contribution in [0, 0.1) is 13.8 Å². The minimum Gasteiger partial charge on any atom is -0.456 e.